The van der Waals surface area contributed by atoms with Crippen LogP contribution >= 0.6 is 0 Å². The smallest absolute Gasteiger partial charge is 0.326 e. The van der Waals surface area contributed by atoms with E-state index in [9.17, 15) is 0 Å². The van der Waals surface area contributed by atoms with Crippen LogP contribution in [-0.2, 0) is 0 Å². The number of nitrogens with zero attached hydrogens (tertiary/aromatic N) is 6. The van der Waals surface area contributed by atoms with Crippen LogP contribution in [0, 0.1) is 0 Å². The quantitative estimate of drug-likeness (QED) is 0.161. The van der Waals surface area contributed by atoms with Crippen molar-refractivity contribution < 1.29 is 4.74 Å². The third-order valence-electron chi connectivity index (χ3n) is 12.4. The lowest BCUT2D eigenvalue weighted by Gasteiger charge is -2.15. The average molecular weight is 821 g/mol. The SMILES string of the molecule is c1ccc(-c2nc(Oc3ccccc3-n3c4ccc(-n5c6ccccc6c6ccccc65)cc4c4cc(-n5c6ccccc6c6ccccc65)ccc43)nc(-c3ccccc3)n2)cc1. The second-order valence-corrected chi connectivity index (χ2v) is 16.0. The summed E-state index contributed by atoms with van der Waals surface area (Å²) in [5.41, 5.74) is 11.5. The van der Waals surface area contributed by atoms with E-state index in [1.165, 1.54) is 43.6 Å². The Labute approximate surface area is 367 Å². The fourth-order valence-electron chi connectivity index (χ4n) is 9.60. The third-order valence-corrected chi connectivity index (χ3v) is 12.4. The molecular formula is C57H36N6O. The summed E-state index contributed by atoms with van der Waals surface area (Å²) in [4.78, 5) is 14.7. The topological polar surface area (TPSA) is 62.7 Å². The lowest BCUT2D eigenvalue weighted by atomic mass is 10.1. The van der Waals surface area contributed by atoms with E-state index >= 15 is 0 Å². The number of para-hydroxylation sites is 6. The maximum atomic E-state index is 6.82. The van der Waals surface area contributed by atoms with Gasteiger partial charge in [-0.2, -0.15) is 9.97 Å². The highest BCUT2D eigenvalue weighted by Crippen LogP contribution is 2.41. The molecule has 0 saturated carbocycles. The summed E-state index contributed by atoms with van der Waals surface area (Å²) in [5, 5.41) is 7.14. The molecule has 0 saturated heterocycles. The van der Waals surface area contributed by atoms with Gasteiger partial charge in [-0.1, -0.05) is 146 Å². The summed E-state index contributed by atoms with van der Waals surface area (Å²) >= 11 is 0. The fraction of sp³-hybridized carbons (Fsp3) is 0. The van der Waals surface area contributed by atoms with E-state index in [4.69, 9.17) is 19.7 Å². The predicted octanol–water partition coefficient (Wildman–Crippen LogP) is 14.3. The molecule has 0 aliphatic carbocycles. The van der Waals surface area contributed by atoms with Crippen LogP contribution in [0.2, 0.25) is 0 Å². The van der Waals surface area contributed by atoms with E-state index in [1.807, 2.05) is 72.8 Å². The Morgan fingerprint density at radius 3 is 1.12 bits per heavy atom. The first-order valence-electron chi connectivity index (χ1n) is 21.4. The highest BCUT2D eigenvalue weighted by molar-refractivity contribution is 6.14. The molecule has 13 aromatic rings. The summed E-state index contributed by atoms with van der Waals surface area (Å²) in [5.74, 6) is 1.69. The van der Waals surface area contributed by atoms with E-state index in [0.29, 0.717) is 17.4 Å². The van der Waals surface area contributed by atoms with E-state index in [0.717, 1.165) is 50.0 Å². The van der Waals surface area contributed by atoms with Crippen LogP contribution in [0.25, 0.3) is 105 Å². The monoisotopic (exact) mass is 820 g/mol. The summed E-state index contributed by atoms with van der Waals surface area (Å²) in [7, 11) is 0. The Hall–Kier alpha value is -8.81. The van der Waals surface area contributed by atoms with Gasteiger partial charge in [0.25, 0.3) is 0 Å². The largest absolute Gasteiger partial charge is 0.422 e. The zero-order chi connectivity index (χ0) is 42.1. The van der Waals surface area contributed by atoms with Crippen molar-refractivity contribution >= 4 is 65.4 Å². The Morgan fingerprint density at radius 1 is 0.297 bits per heavy atom. The number of hydrogen-bond donors (Lipinski definition) is 0. The predicted molar refractivity (Wildman–Crippen MR) is 260 cm³/mol. The Kier molecular flexibility index (Phi) is 8.08. The van der Waals surface area contributed by atoms with Crippen LogP contribution in [0.4, 0.5) is 0 Å². The van der Waals surface area contributed by atoms with Crippen molar-refractivity contribution in [3.63, 3.8) is 0 Å². The van der Waals surface area contributed by atoms with Gasteiger partial charge in [-0.3, -0.25) is 0 Å². The molecule has 0 amide bonds. The molecule has 0 fully saturated rings. The minimum Gasteiger partial charge on any atom is -0.422 e. The minimum absolute atomic E-state index is 0.211. The molecule has 4 heterocycles. The van der Waals surface area contributed by atoms with Gasteiger partial charge in [-0.25, -0.2) is 4.98 Å². The number of hydrogen-bond acceptors (Lipinski definition) is 4. The molecule has 64 heavy (non-hydrogen) atoms. The van der Waals surface area contributed by atoms with Gasteiger partial charge in [0, 0.05) is 54.8 Å². The second-order valence-electron chi connectivity index (χ2n) is 16.0. The number of aromatic nitrogens is 6. The van der Waals surface area contributed by atoms with E-state index < -0.39 is 0 Å². The Morgan fingerprint density at radius 2 is 0.672 bits per heavy atom. The molecule has 0 N–H and O–H groups in total. The molecule has 0 radical (unpaired) electrons. The molecule has 0 bridgehead atoms. The molecule has 7 nitrogen and oxygen atoms in total. The maximum absolute atomic E-state index is 6.82. The number of fused-ring (bicyclic) bond motifs is 9. The van der Waals surface area contributed by atoms with E-state index in [-0.39, 0.29) is 6.01 Å². The lowest BCUT2D eigenvalue weighted by molar-refractivity contribution is 0.439. The van der Waals surface area contributed by atoms with Crippen molar-refractivity contribution in [2.24, 2.45) is 0 Å². The van der Waals surface area contributed by atoms with Gasteiger partial charge >= 0.3 is 6.01 Å². The summed E-state index contributed by atoms with van der Waals surface area (Å²) in [6.07, 6.45) is 0. The van der Waals surface area contributed by atoms with Crippen molar-refractivity contribution in [3.05, 3.63) is 218 Å². The minimum atomic E-state index is 0.211. The van der Waals surface area contributed by atoms with Crippen LogP contribution in [0.1, 0.15) is 0 Å². The van der Waals surface area contributed by atoms with Crippen molar-refractivity contribution in [3.8, 4) is 51.6 Å². The first-order chi connectivity index (χ1) is 31.7. The van der Waals surface area contributed by atoms with Crippen molar-refractivity contribution in [2.45, 2.75) is 0 Å². The highest BCUT2D eigenvalue weighted by atomic mass is 16.5. The standard InChI is InChI=1S/C57H36N6O/c1-3-17-37(18-4-1)55-58-56(38-19-5-2-6-20-38)60-57(59-55)64-54-30-16-15-29-53(54)63-51-33-31-39(61-47-25-11-7-21-41(47)42-22-8-12-26-48(42)61)35-45(51)46-36-40(32-34-52(46)63)62-49-27-13-9-23-43(49)44-24-10-14-28-50(44)62/h1-36H. The molecule has 0 atom stereocenters. The molecule has 9 aromatic carbocycles. The van der Waals surface area contributed by atoms with E-state index in [2.05, 4.69) is 159 Å². The maximum Gasteiger partial charge on any atom is 0.326 e. The molecule has 13 rings (SSSR count). The zero-order valence-corrected chi connectivity index (χ0v) is 34.4. The summed E-state index contributed by atoms with van der Waals surface area (Å²) in [6.45, 7) is 0. The molecule has 4 aromatic heterocycles. The van der Waals surface area contributed by atoms with Crippen molar-refractivity contribution in [1.29, 1.82) is 0 Å². The molecule has 0 aliphatic heterocycles. The number of rotatable bonds is 7. The molecule has 0 aliphatic rings. The molecule has 0 unspecified atom stereocenters. The molecule has 0 spiro atoms. The van der Waals surface area contributed by atoms with Crippen molar-refractivity contribution in [1.82, 2.24) is 28.7 Å². The fourth-order valence-corrected chi connectivity index (χ4v) is 9.60. The Bertz CT molecular complexity index is 3600. The van der Waals surface area contributed by atoms with Crippen LogP contribution < -0.4 is 4.74 Å². The molecule has 300 valence electrons. The number of benzene rings is 9. The van der Waals surface area contributed by atoms with Crippen molar-refractivity contribution in [2.75, 3.05) is 0 Å². The average Bonchev–Trinajstić information content (AvgIpc) is 4.00. The molecule has 7 heteroatoms. The number of ether oxygens (including phenoxy) is 1. The van der Waals surface area contributed by atoms with Gasteiger partial charge in [0.05, 0.1) is 38.8 Å². The highest BCUT2D eigenvalue weighted by Gasteiger charge is 2.21. The third kappa shape index (κ3) is 5.65. The normalized spacial score (nSPS) is 11.8. The van der Waals surface area contributed by atoms with E-state index in [1.54, 1.807) is 0 Å². The van der Waals surface area contributed by atoms with Crippen LogP contribution in [-0.4, -0.2) is 28.7 Å². The zero-order valence-electron chi connectivity index (χ0n) is 34.4. The van der Waals surface area contributed by atoms with Gasteiger partial charge in [0.1, 0.15) is 0 Å². The summed E-state index contributed by atoms with van der Waals surface area (Å²) in [6, 6.07) is 76.6. The first-order valence-corrected chi connectivity index (χ1v) is 21.4. The van der Waals surface area contributed by atoms with Gasteiger partial charge < -0.3 is 18.4 Å². The van der Waals surface area contributed by atoms with Gasteiger partial charge in [-0.05, 0) is 72.8 Å². The van der Waals surface area contributed by atoms with Crippen LogP contribution in [0.3, 0.4) is 0 Å². The first kappa shape index (κ1) is 35.9. The van der Waals surface area contributed by atoms with Gasteiger partial charge in [0.15, 0.2) is 17.4 Å². The second kappa shape index (κ2) is 14.4. The molecular weight excluding hydrogens is 785 g/mol. The van der Waals surface area contributed by atoms with Crippen LogP contribution in [0.5, 0.6) is 11.8 Å². The van der Waals surface area contributed by atoms with Crippen LogP contribution in [0.15, 0.2) is 218 Å². The Balaban J connectivity index is 1.05. The van der Waals surface area contributed by atoms with Gasteiger partial charge in [-0.15, -0.1) is 0 Å². The van der Waals surface area contributed by atoms with Gasteiger partial charge in [0.2, 0.25) is 0 Å². The summed E-state index contributed by atoms with van der Waals surface area (Å²) < 4.78 is 13.9. The lowest BCUT2D eigenvalue weighted by Crippen LogP contribution is -2.03.